The normalized spacial score (nSPS) is 14.2. The fourth-order valence-corrected chi connectivity index (χ4v) is 2.23. The average molecular weight is 241 g/mol. The minimum Gasteiger partial charge on any atom is -0.388 e. The molecule has 2 nitrogen and oxygen atoms in total. The molecule has 2 aromatic carbocycles. The molecule has 0 aliphatic carbocycles. The highest BCUT2D eigenvalue weighted by Crippen LogP contribution is 2.30. The van der Waals surface area contributed by atoms with Crippen molar-refractivity contribution in [1.82, 2.24) is 0 Å². The highest BCUT2D eigenvalue weighted by Gasteiger charge is 2.21. The maximum Gasteiger partial charge on any atom is 0.0870 e. The molecule has 2 aromatic rings. The zero-order valence-electron chi connectivity index (χ0n) is 10.6. The van der Waals surface area contributed by atoms with Gasteiger partial charge in [-0.25, -0.2) is 0 Å². The fourth-order valence-electron chi connectivity index (χ4n) is 2.23. The molecule has 0 heterocycles. The second-order valence-corrected chi connectivity index (χ2v) is 4.61. The number of rotatable bonds is 4. The predicted molar refractivity (Wildman–Crippen MR) is 74.4 cm³/mol. The number of aliphatic hydroxyl groups is 1. The number of benzene rings is 2. The molecular weight excluding hydrogens is 222 g/mol. The lowest BCUT2D eigenvalue weighted by Gasteiger charge is -2.22. The number of aryl methyl sites for hydroxylation is 1. The van der Waals surface area contributed by atoms with E-state index in [2.05, 4.69) is 6.07 Å². The van der Waals surface area contributed by atoms with Crippen LogP contribution in [0, 0.1) is 6.92 Å². The Morgan fingerprint density at radius 2 is 1.67 bits per heavy atom. The van der Waals surface area contributed by atoms with Gasteiger partial charge in [0.05, 0.1) is 6.10 Å². The van der Waals surface area contributed by atoms with Crippen LogP contribution in [0.1, 0.15) is 28.7 Å². The van der Waals surface area contributed by atoms with Crippen molar-refractivity contribution in [2.45, 2.75) is 18.9 Å². The Labute approximate surface area is 108 Å². The van der Waals surface area contributed by atoms with E-state index >= 15 is 0 Å². The van der Waals surface area contributed by atoms with E-state index in [0.717, 1.165) is 11.1 Å². The maximum atomic E-state index is 10.4. The summed E-state index contributed by atoms with van der Waals surface area (Å²) in [7, 11) is 0. The summed E-state index contributed by atoms with van der Waals surface area (Å²) in [5, 5.41) is 10.4. The van der Waals surface area contributed by atoms with E-state index in [-0.39, 0.29) is 5.92 Å². The molecule has 2 unspecified atom stereocenters. The lowest BCUT2D eigenvalue weighted by atomic mass is 9.88. The quantitative estimate of drug-likeness (QED) is 0.864. The molecule has 0 saturated heterocycles. The van der Waals surface area contributed by atoms with Gasteiger partial charge >= 0.3 is 0 Å². The number of hydrogen-bond donors (Lipinski definition) is 2. The van der Waals surface area contributed by atoms with Crippen LogP contribution in [0.5, 0.6) is 0 Å². The Balaban J connectivity index is 2.29. The van der Waals surface area contributed by atoms with E-state index in [1.54, 1.807) is 0 Å². The zero-order chi connectivity index (χ0) is 13.0. The molecule has 0 radical (unpaired) electrons. The average Bonchev–Trinajstić information content (AvgIpc) is 2.40. The largest absolute Gasteiger partial charge is 0.388 e. The Morgan fingerprint density at radius 3 is 2.28 bits per heavy atom. The van der Waals surface area contributed by atoms with Crippen LogP contribution in [0.2, 0.25) is 0 Å². The molecule has 0 bridgehead atoms. The van der Waals surface area contributed by atoms with E-state index in [9.17, 15) is 5.11 Å². The number of aliphatic hydroxyl groups excluding tert-OH is 1. The first kappa shape index (κ1) is 12.8. The van der Waals surface area contributed by atoms with Gasteiger partial charge in [0.2, 0.25) is 0 Å². The van der Waals surface area contributed by atoms with E-state index in [4.69, 9.17) is 5.73 Å². The third kappa shape index (κ3) is 2.78. The summed E-state index contributed by atoms with van der Waals surface area (Å²) >= 11 is 0. The van der Waals surface area contributed by atoms with Crippen LogP contribution in [-0.4, -0.2) is 11.7 Å². The summed E-state index contributed by atoms with van der Waals surface area (Å²) in [4.78, 5) is 0. The summed E-state index contributed by atoms with van der Waals surface area (Å²) in [5.41, 5.74) is 9.02. The van der Waals surface area contributed by atoms with Gasteiger partial charge in [0, 0.05) is 12.5 Å². The molecule has 2 heteroatoms. The molecule has 0 spiro atoms. The van der Waals surface area contributed by atoms with Crippen molar-refractivity contribution < 1.29 is 5.11 Å². The fraction of sp³-hybridized carbons (Fsp3) is 0.250. The summed E-state index contributed by atoms with van der Waals surface area (Å²) in [5.74, 6) is -0.0627. The highest BCUT2D eigenvalue weighted by molar-refractivity contribution is 5.30. The molecule has 0 saturated carbocycles. The Bertz CT molecular complexity index is 495. The SMILES string of the molecule is Cc1cccc(C(CN)C(O)c2ccccc2)c1. The molecule has 94 valence electrons. The maximum absolute atomic E-state index is 10.4. The van der Waals surface area contributed by atoms with Crippen LogP contribution in [0.15, 0.2) is 54.6 Å². The van der Waals surface area contributed by atoms with Crippen molar-refractivity contribution in [3.8, 4) is 0 Å². The van der Waals surface area contributed by atoms with Gasteiger partial charge in [-0.1, -0.05) is 60.2 Å². The third-order valence-electron chi connectivity index (χ3n) is 3.25. The van der Waals surface area contributed by atoms with Gasteiger partial charge in [-0.05, 0) is 18.1 Å². The van der Waals surface area contributed by atoms with Crippen molar-refractivity contribution in [3.05, 3.63) is 71.3 Å². The van der Waals surface area contributed by atoms with Crippen molar-refractivity contribution >= 4 is 0 Å². The van der Waals surface area contributed by atoms with E-state index in [1.165, 1.54) is 5.56 Å². The molecule has 18 heavy (non-hydrogen) atoms. The van der Waals surface area contributed by atoms with Crippen molar-refractivity contribution in [2.75, 3.05) is 6.54 Å². The molecule has 2 rings (SSSR count). The predicted octanol–water partition coefficient (Wildman–Crippen LogP) is 2.77. The number of nitrogens with two attached hydrogens (primary N) is 1. The minimum absolute atomic E-state index is 0.0627. The first-order valence-corrected chi connectivity index (χ1v) is 6.22. The number of hydrogen-bond acceptors (Lipinski definition) is 2. The van der Waals surface area contributed by atoms with Crippen LogP contribution < -0.4 is 5.73 Å². The monoisotopic (exact) mass is 241 g/mol. The van der Waals surface area contributed by atoms with Gasteiger partial charge in [-0.15, -0.1) is 0 Å². The van der Waals surface area contributed by atoms with Gasteiger partial charge < -0.3 is 10.8 Å². The van der Waals surface area contributed by atoms with Crippen molar-refractivity contribution in [1.29, 1.82) is 0 Å². The van der Waals surface area contributed by atoms with Gasteiger partial charge in [0.25, 0.3) is 0 Å². The Hall–Kier alpha value is -1.64. The zero-order valence-corrected chi connectivity index (χ0v) is 10.6. The molecule has 0 aromatic heterocycles. The molecule has 3 N–H and O–H groups in total. The second kappa shape index (κ2) is 5.80. The van der Waals surface area contributed by atoms with Crippen LogP contribution in [0.25, 0.3) is 0 Å². The van der Waals surface area contributed by atoms with E-state index in [1.807, 2.05) is 55.5 Å². The summed E-state index contributed by atoms with van der Waals surface area (Å²) in [6.45, 7) is 2.48. The Morgan fingerprint density at radius 1 is 1.00 bits per heavy atom. The molecule has 0 fully saturated rings. The van der Waals surface area contributed by atoms with E-state index < -0.39 is 6.10 Å². The van der Waals surface area contributed by atoms with Gasteiger partial charge in [-0.2, -0.15) is 0 Å². The first-order chi connectivity index (χ1) is 8.72. The van der Waals surface area contributed by atoms with Crippen LogP contribution >= 0.6 is 0 Å². The molecule has 0 amide bonds. The minimum atomic E-state index is -0.557. The first-order valence-electron chi connectivity index (χ1n) is 6.22. The van der Waals surface area contributed by atoms with Crippen LogP contribution in [0.4, 0.5) is 0 Å². The highest BCUT2D eigenvalue weighted by atomic mass is 16.3. The summed E-state index contributed by atoms with van der Waals surface area (Å²) in [6, 6.07) is 17.8. The lowest BCUT2D eigenvalue weighted by molar-refractivity contribution is 0.147. The topological polar surface area (TPSA) is 46.2 Å². The third-order valence-corrected chi connectivity index (χ3v) is 3.25. The summed E-state index contributed by atoms with van der Waals surface area (Å²) < 4.78 is 0. The molecule has 0 aliphatic rings. The van der Waals surface area contributed by atoms with Crippen molar-refractivity contribution in [3.63, 3.8) is 0 Å². The Kier molecular flexibility index (Phi) is 4.13. The van der Waals surface area contributed by atoms with Gasteiger partial charge in [-0.3, -0.25) is 0 Å². The lowest BCUT2D eigenvalue weighted by Crippen LogP contribution is -2.20. The smallest absolute Gasteiger partial charge is 0.0870 e. The molecule has 2 atom stereocenters. The van der Waals surface area contributed by atoms with E-state index in [0.29, 0.717) is 6.54 Å². The van der Waals surface area contributed by atoms with Crippen molar-refractivity contribution in [2.24, 2.45) is 5.73 Å². The second-order valence-electron chi connectivity index (χ2n) is 4.61. The molecular formula is C16H19NO. The molecule has 0 aliphatic heterocycles. The van der Waals surface area contributed by atoms with Gasteiger partial charge in [0.15, 0.2) is 0 Å². The standard InChI is InChI=1S/C16H19NO/c1-12-6-5-9-14(10-12)15(11-17)16(18)13-7-3-2-4-8-13/h2-10,15-16,18H,11,17H2,1H3. The van der Waals surface area contributed by atoms with Crippen LogP contribution in [0.3, 0.4) is 0 Å². The van der Waals surface area contributed by atoms with Crippen LogP contribution in [-0.2, 0) is 0 Å². The van der Waals surface area contributed by atoms with Gasteiger partial charge in [0.1, 0.15) is 0 Å². The summed E-state index contributed by atoms with van der Waals surface area (Å²) in [6.07, 6.45) is -0.557.